The van der Waals surface area contributed by atoms with Crippen LogP contribution in [0.25, 0.3) is 0 Å². The molecule has 0 aromatic carbocycles. The van der Waals surface area contributed by atoms with Crippen LogP contribution in [0.4, 0.5) is 0 Å². The van der Waals surface area contributed by atoms with Crippen molar-refractivity contribution in [2.75, 3.05) is 20.6 Å². The Labute approximate surface area is 75.2 Å². The Balaban J connectivity index is 2.66. The van der Waals surface area contributed by atoms with E-state index in [1.165, 1.54) is 5.70 Å². The topological polar surface area (TPSA) is 15.6 Å². The Kier molecular flexibility index (Phi) is 2.71. The van der Waals surface area contributed by atoms with Crippen LogP contribution in [-0.4, -0.2) is 35.7 Å². The number of rotatable bonds is 1. The zero-order valence-electron chi connectivity index (χ0n) is 6.21. The fourth-order valence-electron chi connectivity index (χ4n) is 0.792. The summed E-state index contributed by atoms with van der Waals surface area (Å²) in [4.78, 5) is 6.30. The molecule has 0 aromatic heterocycles. The molecule has 10 heavy (non-hydrogen) atoms. The van der Waals surface area contributed by atoms with Crippen LogP contribution in [0.2, 0.25) is 0 Å². The molecule has 0 saturated heterocycles. The molecule has 1 unspecified atom stereocenters. The van der Waals surface area contributed by atoms with Gasteiger partial charge in [-0.2, -0.15) is 0 Å². The van der Waals surface area contributed by atoms with Crippen molar-refractivity contribution in [2.24, 2.45) is 4.99 Å². The van der Waals surface area contributed by atoms with Crippen LogP contribution < -0.4 is 0 Å². The minimum absolute atomic E-state index is 0.569. The number of hydrogen-bond donors (Lipinski definition) is 0. The molecule has 56 valence electrons. The minimum Gasteiger partial charge on any atom is -0.377 e. The predicted molar refractivity (Wildman–Crippen MR) is 52.9 cm³/mol. The highest BCUT2D eigenvalue weighted by atomic mass is 127. The van der Waals surface area contributed by atoms with Crippen molar-refractivity contribution in [3.8, 4) is 0 Å². The Bertz CT molecular complexity index is 172. The number of dihydropyridines is 1. The number of alkyl halides is 1. The zero-order chi connectivity index (χ0) is 7.56. The third-order valence-electron chi connectivity index (χ3n) is 1.37. The molecule has 0 saturated carbocycles. The molecule has 1 heterocycles. The zero-order valence-corrected chi connectivity index (χ0v) is 8.37. The van der Waals surface area contributed by atoms with Gasteiger partial charge in [0, 0.05) is 20.3 Å². The minimum atomic E-state index is 0.569. The fraction of sp³-hybridized carbons (Fsp3) is 0.571. The Morgan fingerprint density at radius 3 is 2.80 bits per heavy atom. The molecule has 0 aliphatic carbocycles. The first-order chi connectivity index (χ1) is 4.70. The first-order valence-corrected chi connectivity index (χ1v) is 4.48. The average Bonchev–Trinajstić information content (AvgIpc) is 1.88. The van der Waals surface area contributed by atoms with Gasteiger partial charge < -0.3 is 4.90 Å². The van der Waals surface area contributed by atoms with Crippen LogP contribution in [0.1, 0.15) is 0 Å². The van der Waals surface area contributed by atoms with Crippen LogP contribution >= 0.6 is 22.6 Å². The maximum atomic E-state index is 4.22. The summed E-state index contributed by atoms with van der Waals surface area (Å²) in [5.41, 5.74) is 1.21. The van der Waals surface area contributed by atoms with Gasteiger partial charge in [0.1, 0.15) is 0 Å². The Morgan fingerprint density at radius 2 is 2.40 bits per heavy atom. The van der Waals surface area contributed by atoms with Gasteiger partial charge in [-0.25, -0.2) is 0 Å². The molecular formula is C7H11IN2. The highest BCUT2D eigenvalue weighted by Gasteiger charge is 2.06. The normalized spacial score (nSPS) is 24.3. The molecule has 0 fully saturated rings. The number of hydrogen-bond acceptors (Lipinski definition) is 2. The lowest BCUT2D eigenvalue weighted by Crippen LogP contribution is -2.18. The molecule has 1 rings (SSSR count). The van der Waals surface area contributed by atoms with Crippen molar-refractivity contribution in [1.82, 2.24) is 4.90 Å². The summed E-state index contributed by atoms with van der Waals surface area (Å²) >= 11 is 2.39. The first-order valence-electron chi connectivity index (χ1n) is 3.23. The van der Waals surface area contributed by atoms with E-state index in [1.807, 2.05) is 20.3 Å². The van der Waals surface area contributed by atoms with Gasteiger partial charge in [-0.3, -0.25) is 4.99 Å². The lowest BCUT2D eigenvalue weighted by atomic mass is 10.3. The molecule has 2 nitrogen and oxygen atoms in total. The Hall–Kier alpha value is -0.0600. The monoisotopic (exact) mass is 250 g/mol. The standard InChI is InChI=1S/C7H11IN2/c1-10(2)7-3-6(8)4-9-5-7/h3,5-6H,4H2,1-2H3. The van der Waals surface area contributed by atoms with E-state index in [1.54, 1.807) is 0 Å². The SMILES string of the molecule is CN(C)C1=CC(I)CN=C1. The van der Waals surface area contributed by atoms with Crippen molar-refractivity contribution in [2.45, 2.75) is 3.92 Å². The van der Waals surface area contributed by atoms with E-state index in [9.17, 15) is 0 Å². The van der Waals surface area contributed by atoms with E-state index >= 15 is 0 Å². The van der Waals surface area contributed by atoms with Gasteiger partial charge in [0.2, 0.25) is 0 Å². The summed E-state index contributed by atoms with van der Waals surface area (Å²) < 4.78 is 0.569. The van der Waals surface area contributed by atoms with Crippen molar-refractivity contribution in [3.05, 3.63) is 11.8 Å². The fourth-order valence-corrected chi connectivity index (χ4v) is 1.39. The van der Waals surface area contributed by atoms with Gasteiger partial charge in [-0.05, 0) is 6.08 Å². The lowest BCUT2D eigenvalue weighted by molar-refractivity contribution is 0.537. The third-order valence-corrected chi connectivity index (χ3v) is 2.12. The molecule has 1 aliphatic rings. The van der Waals surface area contributed by atoms with E-state index < -0.39 is 0 Å². The lowest BCUT2D eigenvalue weighted by Gasteiger charge is -2.17. The van der Waals surface area contributed by atoms with Gasteiger partial charge in [0.05, 0.1) is 16.2 Å². The van der Waals surface area contributed by atoms with Gasteiger partial charge in [-0.15, -0.1) is 0 Å². The maximum absolute atomic E-state index is 4.22. The van der Waals surface area contributed by atoms with E-state index in [0.29, 0.717) is 3.92 Å². The average molecular weight is 250 g/mol. The summed E-state index contributed by atoms with van der Waals surface area (Å²) in [5.74, 6) is 0. The van der Waals surface area contributed by atoms with E-state index in [-0.39, 0.29) is 0 Å². The number of nitrogens with zero attached hydrogens (tertiary/aromatic N) is 2. The van der Waals surface area contributed by atoms with Gasteiger partial charge in [0.15, 0.2) is 0 Å². The quantitative estimate of drug-likeness (QED) is 0.506. The van der Waals surface area contributed by atoms with Gasteiger partial charge >= 0.3 is 0 Å². The second kappa shape index (κ2) is 3.37. The summed E-state index contributed by atoms with van der Waals surface area (Å²) in [7, 11) is 4.07. The van der Waals surface area contributed by atoms with Gasteiger partial charge in [0.25, 0.3) is 0 Å². The maximum Gasteiger partial charge on any atom is 0.0544 e. The second-order valence-corrected chi connectivity index (χ2v) is 4.10. The predicted octanol–water partition coefficient (Wildman–Crippen LogP) is 1.32. The summed E-state index contributed by atoms with van der Waals surface area (Å²) in [6, 6.07) is 0. The number of aliphatic imine (C=N–C) groups is 1. The van der Waals surface area contributed by atoms with Crippen molar-refractivity contribution < 1.29 is 0 Å². The van der Waals surface area contributed by atoms with Gasteiger partial charge in [-0.1, -0.05) is 22.6 Å². The molecule has 1 aliphatic heterocycles. The summed E-state index contributed by atoms with van der Waals surface area (Å²) in [6.45, 7) is 0.928. The van der Waals surface area contributed by atoms with Crippen LogP contribution in [0.15, 0.2) is 16.8 Å². The Morgan fingerprint density at radius 1 is 1.70 bits per heavy atom. The molecule has 0 aromatic rings. The van der Waals surface area contributed by atoms with E-state index in [0.717, 1.165) is 6.54 Å². The van der Waals surface area contributed by atoms with Crippen molar-refractivity contribution in [3.63, 3.8) is 0 Å². The molecule has 0 radical (unpaired) electrons. The number of allylic oxidation sites excluding steroid dienone is 1. The number of halogens is 1. The van der Waals surface area contributed by atoms with Crippen molar-refractivity contribution in [1.29, 1.82) is 0 Å². The summed E-state index contributed by atoms with van der Waals surface area (Å²) in [6.07, 6.45) is 4.16. The van der Waals surface area contributed by atoms with Crippen LogP contribution in [0.5, 0.6) is 0 Å². The highest BCUT2D eigenvalue weighted by molar-refractivity contribution is 14.1. The molecule has 0 amide bonds. The molecule has 3 heteroatoms. The second-order valence-electron chi connectivity index (χ2n) is 2.50. The molecule has 1 atom stereocenters. The van der Waals surface area contributed by atoms with E-state index in [2.05, 4.69) is 38.6 Å². The third kappa shape index (κ3) is 1.97. The van der Waals surface area contributed by atoms with Crippen molar-refractivity contribution >= 4 is 28.8 Å². The smallest absolute Gasteiger partial charge is 0.0544 e. The first kappa shape index (κ1) is 8.04. The largest absolute Gasteiger partial charge is 0.377 e. The van der Waals surface area contributed by atoms with Crippen LogP contribution in [-0.2, 0) is 0 Å². The van der Waals surface area contributed by atoms with Crippen LogP contribution in [0.3, 0.4) is 0 Å². The molecule has 0 bridgehead atoms. The molecule has 0 spiro atoms. The van der Waals surface area contributed by atoms with Crippen LogP contribution in [0, 0.1) is 0 Å². The molecular weight excluding hydrogens is 239 g/mol. The summed E-state index contributed by atoms with van der Waals surface area (Å²) in [5, 5.41) is 0. The highest BCUT2D eigenvalue weighted by Crippen LogP contribution is 2.11. The molecule has 0 N–H and O–H groups in total. The van der Waals surface area contributed by atoms with E-state index in [4.69, 9.17) is 0 Å².